The first-order valence-corrected chi connectivity index (χ1v) is 16.5. The molecule has 1 aromatic heterocycles. The van der Waals surface area contributed by atoms with Crippen LogP contribution >= 0.6 is 12.6 Å². The van der Waals surface area contributed by atoms with Crippen molar-refractivity contribution in [2.75, 3.05) is 5.75 Å². The van der Waals surface area contributed by atoms with Crippen LogP contribution in [0.5, 0.6) is 0 Å². The third-order valence-corrected chi connectivity index (χ3v) is 10.9. The molecule has 5 rings (SSSR count). The lowest BCUT2D eigenvalue weighted by molar-refractivity contribution is -0.138. The van der Waals surface area contributed by atoms with Crippen molar-refractivity contribution in [3.05, 3.63) is 45.8 Å². The van der Waals surface area contributed by atoms with Gasteiger partial charge in [0.15, 0.2) is 0 Å². The highest BCUT2D eigenvalue weighted by molar-refractivity contribution is 7.80. The molecule has 0 spiro atoms. The van der Waals surface area contributed by atoms with Gasteiger partial charge in [-0.15, -0.1) is 6.58 Å². The molecule has 12 nitrogen and oxygen atoms in total. The van der Waals surface area contributed by atoms with Gasteiger partial charge in [0.2, 0.25) is 11.8 Å². The number of aromatic nitrogens is 1. The number of aliphatic hydroxyl groups is 1. The number of carboxylic acids is 2. The molecule has 4 aliphatic heterocycles. The number of nitrogens with zero attached hydrogens (tertiary/aromatic N) is 1. The molecule has 7 N–H and O–H groups in total. The number of aliphatic carboxylic acids is 2. The van der Waals surface area contributed by atoms with Crippen molar-refractivity contribution in [1.29, 1.82) is 0 Å². The molecule has 1 aromatic rings. The molecule has 0 bridgehead atoms. The smallest absolute Gasteiger partial charge is 0.303 e. The molecule has 2 amide bonds. The highest BCUT2D eigenvalue weighted by atomic mass is 32.1. The molecule has 250 valence electrons. The number of H-pyrrole nitrogens is 1. The predicted molar refractivity (Wildman–Crippen MR) is 174 cm³/mol. The predicted octanol–water partition coefficient (Wildman–Crippen LogP) is 0.699. The van der Waals surface area contributed by atoms with Gasteiger partial charge in [-0.25, -0.2) is 5.43 Å². The first-order valence-electron chi connectivity index (χ1n) is 15.9. The molecule has 3 saturated heterocycles. The Morgan fingerprint density at radius 1 is 1.07 bits per heavy atom. The second kappa shape index (κ2) is 12.6. The molecule has 46 heavy (non-hydrogen) atoms. The minimum absolute atomic E-state index is 0.00927. The third-order valence-electron chi connectivity index (χ3n) is 10.6. The molecule has 13 heteroatoms. The van der Waals surface area contributed by atoms with Gasteiger partial charge in [0.25, 0.3) is 0 Å². The standard InChI is InChI=1S/C33H45N5O7S/c1-6-21-31(44)36-27(32(21,5)45)14-26-18(4)22(8-10-29(41)42)33(37-38(26)33)15-25-19(7-9-28(39)40)16(2)23(34-25)13-24-20(11-12-46)17(3)30(43)35-24/h6,13,15,17,20-22,24,27,34,37,45-46H,1,7-12,14H2,2-5H3,(H,35,43)(H,36,44)(H,39,40)(H,41,42)/b23-13+,25-15-/t17-,20-,21?,22?,24?,27-,32+,33-,38?/m1/s1. The molecular formula is C33H45N5O7S. The SMILES string of the molecule is C=CC1C(=O)N[C@H](CC2=C(C)C(CCC(=O)O)[C@]3(/C=c4\[nH]/c(=C/C5NC(=O)[C@H](C)[C@H]5CCS)c(C)c4CCC(=O)O)NN23)[C@@]1(C)O. The van der Waals surface area contributed by atoms with E-state index in [1.807, 2.05) is 37.9 Å². The highest BCUT2D eigenvalue weighted by Gasteiger charge is 2.63. The van der Waals surface area contributed by atoms with Crippen molar-refractivity contribution < 1.29 is 34.5 Å². The van der Waals surface area contributed by atoms with Crippen LogP contribution in [0.3, 0.4) is 0 Å². The first-order chi connectivity index (χ1) is 21.7. The van der Waals surface area contributed by atoms with Crippen LogP contribution in [0.4, 0.5) is 0 Å². The van der Waals surface area contributed by atoms with Crippen LogP contribution in [-0.4, -0.2) is 78.2 Å². The van der Waals surface area contributed by atoms with E-state index < -0.39 is 35.2 Å². The van der Waals surface area contributed by atoms with Gasteiger partial charge in [0.1, 0.15) is 5.66 Å². The van der Waals surface area contributed by atoms with Crippen molar-refractivity contribution in [2.45, 2.75) is 89.6 Å². The Hall–Kier alpha value is -3.55. The normalized spacial score (nSPS) is 34.3. The number of carbonyl (C=O) groups is 4. The second-order valence-electron chi connectivity index (χ2n) is 13.4. The molecule has 0 aromatic carbocycles. The van der Waals surface area contributed by atoms with Gasteiger partial charge < -0.3 is 30.9 Å². The number of carboxylic acid groups (broad SMARTS) is 2. The van der Waals surface area contributed by atoms with E-state index in [9.17, 15) is 34.5 Å². The number of hydrazine groups is 1. The van der Waals surface area contributed by atoms with Gasteiger partial charge in [-0.2, -0.15) is 12.6 Å². The molecular weight excluding hydrogens is 610 g/mol. The van der Waals surface area contributed by atoms with Crippen LogP contribution in [0.2, 0.25) is 0 Å². The number of fused-ring (bicyclic) bond motifs is 1. The maximum atomic E-state index is 12.6. The summed E-state index contributed by atoms with van der Waals surface area (Å²) in [5.41, 5.74) is 4.86. The van der Waals surface area contributed by atoms with E-state index >= 15 is 0 Å². The van der Waals surface area contributed by atoms with Crippen molar-refractivity contribution in [1.82, 2.24) is 26.1 Å². The molecule has 0 aliphatic carbocycles. The van der Waals surface area contributed by atoms with E-state index in [4.69, 9.17) is 0 Å². The van der Waals surface area contributed by atoms with Gasteiger partial charge in [-0.05, 0) is 80.6 Å². The summed E-state index contributed by atoms with van der Waals surface area (Å²) in [6.07, 6.45) is 7.04. The minimum Gasteiger partial charge on any atom is -0.481 e. The van der Waals surface area contributed by atoms with Gasteiger partial charge in [-0.3, -0.25) is 24.2 Å². The number of nitrogens with one attached hydrogen (secondary N) is 4. The molecule has 0 radical (unpaired) electrons. The zero-order valence-electron chi connectivity index (χ0n) is 26.7. The number of thiol groups is 1. The monoisotopic (exact) mass is 655 g/mol. The van der Waals surface area contributed by atoms with Crippen LogP contribution in [0.15, 0.2) is 23.9 Å². The molecule has 3 unspecified atom stereocenters. The fourth-order valence-corrected chi connectivity index (χ4v) is 8.10. The van der Waals surface area contributed by atoms with Crippen molar-refractivity contribution in [2.24, 2.45) is 23.7 Å². The number of aromatic amines is 1. The van der Waals surface area contributed by atoms with E-state index in [0.717, 1.165) is 39.5 Å². The summed E-state index contributed by atoms with van der Waals surface area (Å²) in [7, 11) is 0. The number of rotatable bonds is 13. The molecule has 5 heterocycles. The van der Waals surface area contributed by atoms with E-state index in [1.165, 1.54) is 6.08 Å². The lowest BCUT2D eigenvalue weighted by Gasteiger charge is -2.28. The summed E-state index contributed by atoms with van der Waals surface area (Å²) in [5.74, 6) is -2.58. The third kappa shape index (κ3) is 5.88. The summed E-state index contributed by atoms with van der Waals surface area (Å²) in [5, 5.41) is 39.9. The van der Waals surface area contributed by atoms with Crippen LogP contribution in [0.25, 0.3) is 12.2 Å². The van der Waals surface area contributed by atoms with Gasteiger partial charge in [-0.1, -0.05) is 13.0 Å². The summed E-state index contributed by atoms with van der Waals surface area (Å²) in [6, 6.07) is -0.791. The zero-order chi connectivity index (χ0) is 33.7. The van der Waals surface area contributed by atoms with E-state index in [1.54, 1.807) is 6.92 Å². The number of carbonyl (C=O) groups excluding carboxylic acids is 2. The Balaban J connectivity index is 1.56. The van der Waals surface area contributed by atoms with E-state index in [-0.39, 0.29) is 54.9 Å². The average molecular weight is 656 g/mol. The summed E-state index contributed by atoms with van der Waals surface area (Å²) in [6.45, 7) is 11.1. The minimum atomic E-state index is -1.36. The van der Waals surface area contributed by atoms with Crippen LogP contribution in [0.1, 0.15) is 64.0 Å². The largest absolute Gasteiger partial charge is 0.481 e. The Kier molecular flexibility index (Phi) is 9.24. The highest BCUT2D eigenvalue weighted by Crippen LogP contribution is 2.53. The van der Waals surface area contributed by atoms with Crippen LogP contribution in [0, 0.1) is 30.6 Å². The number of hydrogen-bond acceptors (Lipinski definition) is 8. The maximum absolute atomic E-state index is 12.6. The van der Waals surface area contributed by atoms with Gasteiger partial charge in [0.05, 0.1) is 23.6 Å². The fourth-order valence-electron chi connectivity index (χ4n) is 7.80. The molecule has 0 saturated carbocycles. The second-order valence-corrected chi connectivity index (χ2v) is 13.8. The topological polar surface area (TPSA) is 194 Å². The quantitative estimate of drug-likeness (QED) is 0.0858. The van der Waals surface area contributed by atoms with E-state index in [0.29, 0.717) is 18.6 Å². The van der Waals surface area contributed by atoms with E-state index in [2.05, 4.69) is 40.3 Å². The number of hydrogen-bond donors (Lipinski definition) is 8. The summed E-state index contributed by atoms with van der Waals surface area (Å²) >= 11 is 4.40. The Morgan fingerprint density at radius 2 is 1.76 bits per heavy atom. The zero-order valence-corrected chi connectivity index (χ0v) is 27.6. The summed E-state index contributed by atoms with van der Waals surface area (Å²) in [4.78, 5) is 52.0. The molecule has 4 aliphatic rings. The van der Waals surface area contributed by atoms with Crippen LogP contribution < -0.4 is 26.8 Å². The fraction of sp³-hybridized carbons (Fsp3) is 0.576. The van der Waals surface area contributed by atoms with Crippen molar-refractivity contribution in [3.63, 3.8) is 0 Å². The van der Waals surface area contributed by atoms with Gasteiger partial charge >= 0.3 is 11.9 Å². The Morgan fingerprint density at radius 3 is 2.37 bits per heavy atom. The lowest BCUT2D eigenvalue weighted by Crippen LogP contribution is -2.43. The molecule has 8 atom stereocenters. The maximum Gasteiger partial charge on any atom is 0.303 e. The summed E-state index contributed by atoms with van der Waals surface area (Å²) < 4.78 is 0. The number of amides is 2. The molecule has 3 fully saturated rings. The van der Waals surface area contributed by atoms with Crippen LogP contribution in [-0.2, 0) is 25.6 Å². The first kappa shape index (κ1) is 33.8. The Labute approximate surface area is 273 Å². The van der Waals surface area contributed by atoms with Gasteiger partial charge in [0, 0.05) is 47.5 Å². The van der Waals surface area contributed by atoms with Crippen molar-refractivity contribution in [3.8, 4) is 0 Å². The Bertz CT molecular complexity index is 1620. The lowest BCUT2D eigenvalue weighted by atomic mass is 9.83. The van der Waals surface area contributed by atoms with Crippen molar-refractivity contribution >= 4 is 48.5 Å². The average Bonchev–Trinajstić information content (AvgIpc) is 3.33.